The molecule has 15 nitrogen and oxygen atoms in total. The Balaban J connectivity index is 1.12. The number of methoxy groups -OCH3 is 1. The zero-order chi connectivity index (χ0) is 37.1. The fraction of sp³-hybridized carbons (Fsp3) is 0.486. The summed E-state index contributed by atoms with van der Waals surface area (Å²) in [6.45, 7) is 10.7. The number of aromatic nitrogens is 6. The summed E-state index contributed by atoms with van der Waals surface area (Å²) in [5.74, 6) is 1.55. The van der Waals surface area contributed by atoms with Gasteiger partial charge < -0.3 is 30.3 Å². The Morgan fingerprint density at radius 3 is 2.33 bits per heavy atom. The van der Waals surface area contributed by atoms with Gasteiger partial charge in [0.25, 0.3) is 5.91 Å². The molecule has 1 saturated heterocycles. The van der Waals surface area contributed by atoms with Crippen LogP contribution in [0.2, 0.25) is 0 Å². The van der Waals surface area contributed by atoms with Crippen LogP contribution in [-0.4, -0.2) is 99.2 Å². The largest absolute Gasteiger partial charge is 0.494 e. The lowest BCUT2D eigenvalue weighted by Crippen LogP contribution is -2.46. The second-order valence-electron chi connectivity index (χ2n) is 13.8. The van der Waals surface area contributed by atoms with Crippen LogP contribution in [-0.2, 0) is 16.6 Å². The molecule has 0 aliphatic carbocycles. The summed E-state index contributed by atoms with van der Waals surface area (Å²) < 4.78 is 12.8. The van der Waals surface area contributed by atoms with Crippen molar-refractivity contribution in [2.75, 3.05) is 62.4 Å². The van der Waals surface area contributed by atoms with E-state index in [2.05, 4.69) is 57.1 Å². The van der Waals surface area contributed by atoms with Crippen LogP contribution in [0.5, 0.6) is 5.75 Å². The van der Waals surface area contributed by atoms with Crippen molar-refractivity contribution in [2.24, 2.45) is 7.05 Å². The van der Waals surface area contributed by atoms with Crippen LogP contribution in [0.1, 0.15) is 69.8 Å². The number of carbonyl (C=O) groups is 2. The average molecular weight is 714 g/mol. The number of nitrogens with zero attached hydrogens (tertiary/aromatic N) is 8. The number of hydrogen-bond acceptors (Lipinski definition) is 13. The number of benzene rings is 1. The minimum Gasteiger partial charge on any atom is -0.494 e. The second kappa shape index (κ2) is 17.8. The molecule has 1 amide bonds. The summed E-state index contributed by atoms with van der Waals surface area (Å²) in [7, 11) is 4.91. The van der Waals surface area contributed by atoms with Crippen LogP contribution in [0.3, 0.4) is 0 Å². The third kappa shape index (κ3) is 10.6. The summed E-state index contributed by atoms with van der Waals surface area (Å²) in [4.78, 5) is 38.5. The first-order chi connectivity index (χ1) is 25.0. The number of hydrogen-bond donors (Lipinski definition) is 3. The quantitative estimate of drug-likeness (QED) is 0.101. The summed E-state index contributed by atoms with van der Waals surface area (Å²) in [5.41, 5.74) is 2.50. The van der Waals surface area contributed by atoms with Gasteiger partial charge in [-0.1, -0.05) is 25.3 Å². The number of carbonyl (C=O) groups excluding carboxylic acids is 2. The SMILES string of the molecule is CNC(=O)c1nnc(Nc2ccc(N3CCN(CCCCCCCC(=O)OC(C)(C)C)CC3)cn2)cc1Nc1cccc(-c2ncn(C)n2)c1OC. The minimum absolute atomic E-state index is 0.100. The number of para-hydroxylation sites is 1. The lowest BCUT2D eigenvalue weighted by atomic mass is 10.1. The van der Waals surface area contributed by atoms with E-state index in [4.69, 9.17) is 9.47 Å². The molecule has 1 aromatic carbocycles. The maximum absolute atomic E-state index is 12.7. The molecule has 1 fully saturated rings. The second-order valence-corrected chi connectivity index (χ2v) is 13.8. The van der Waals surface area contributed by atoms with Gasteiger partial charge in [-0.15, -0.1) is 10.2 Å². The van der Waals surface area contributed by atoms with Crippen LogP contribution in [0.4, 0.5) is 28.7 Å². The van der Waals surface area contributed by atoms with Gasteiger partial charge in [0.2, 0.25) is 0 Å². The molecule has 0 saturated carbocycles. The highest BCUT2D eigenvalue weighted by atomic mass is 16.6. The zero-order valence-electron chi connectivity index (χ0n) is 31.1. The molecule has 52 heavy (non-hydrogen) atoms. The van der Waals surface area contributed by atoms with Gasteiger partial charge in [0.05, 0.1) is 35.9 Å². The van der Waals surface area contributed by atoms with E-state index < -0.39 is 11.5 Å². The summed E-state index contributed by atoms with van der Waals surface area (Å²) in [5, 5.41) is 22.0. The number of esters is 1. The van der Waals surface area contributed by atoms with E-state index in [0.29, 0.717) is 46.6 Å². The Morgan fingerprint density at radius 2 is 1.65 bits per heavy atom. The summed E-state index contributed by atoms with van der Waals surface area (Å²) in [6, 6.07) is 11.2. The molecule has 5 rings (SSSR count). The predicted octanol–water partition coefficient (Wildman–Crippen LogP) is 5.33. The number of piperazine rings is 1. The van der Waals surface area contributed by atoms with E-state index in [9.17, 15) is 9.59 Å². The summed E-state index contributed by atoms with van der Waals surface area (Å²) >= 11 is 0. The van der Waals surface area contributed by atoms with Gasteiger partial charge in [-0.25, -0.2) is 9.97 Å². The Hall–Kier alpha value is -5.31. The molecule has 0 radical (unpaired) electrons. The molecule has 4 aromatic rings. The lowest BCUT2D eigenvalue weighted by Gasteiger charge is -2.36. The van der Waals surface area contributed by atoms with E-state index in [0.717, 1.165) is 57.7 Å². The molecular formula is C37H51N11O4. The van der Waals surface area contributed by atoms with Crippen molar-refractivity contribution >= 4 is 40.6 Å². The monoisotopic (exact) mass is 713 g/mol. The Morgan fingerprint density at radius 1 is 0.885 bits per heavy atom. The van der Waals surface area contributed by atoms with Crippen molar-refractivity contribution in [3.63, 3.8) is 0 Å². The molecule has 0 unspecified atom stereocenters. The highest BCUT2D eigenvalue weighted by Gasteiger charge is 2.21. The smallest absolute Gasteiger partial charge is 0.306 e. The van der Waals surface area contributed by atoms with E-state index in [1.165, 1.54) is 12.8 Å². The first-order valence-corrected chi connectivity index (χ1v) is 17.8. The molecule has 278 valence electrons. The Kier molecular flexibility index (Phi) is 13.0. The van der Waals surface area contributed by atoms with Crippen molar-refractivity contribution in [1.82, 2.24) is 40.2 Å². The first kappa shape index (κ1) is 37.9. The number of unbranched alkanes of at least 4 members (excludes halogenated alkanes) is 4. The maximum Gasteiger partial charge on any atom is 0.306 e. The number of ether oxygens (including phenoxy) is 2. The van der Waals surface area contributed by atoms with E-state index >= 15 is 0 Å². The van der Waals surface area contributed by atoms with E-state index in [-0.39, 0.29) is 11.7 Å². The standard InChI is InChI=1S/C37H51N11O4/c1-37(2,3)52-32(49)15-10-8-7-9-11-18-47-19-21-48(22-20-47)26-16-17-30(39-24-26)42-31-23-29(33(44-43-31)36(50)38-4)41-28-14-12-13-27(34(28)51-6)35-40-25-46(5)45-35/h12-14,16-17,23-25H,7-11,15,18-22H2,1-6H3,(H,38,50)(H2,39,41,42,43). The normalized spacial score (nSPS) is 13.5. The van der Waals surface area contributed by atoms with Gasteiger partial charge in [-0.2, -0.15) is 5.10 Å². The number of amides is 1. The van der Waals surface area contributed by atoms with Crippen molar-refractivity contribution in [3.8, 4) is 17.1 Å². The van der Waals surface area contributed by atoms with Crippen molar-refractivity contribution < 1.29 is 19.1 Å². The third-order valence-electron chi connectivity index (χ3n) is 8.58. The van der Waals surface area contributed by atoms with Gasteiger partial charge in [-0.05, 0) is 64.4 Å². The average Bonchev–Trinajstić information content (AvgIpc) is 3.56. The fourth-order valence-corrected chi connectivity index (χ4v) is 6.01. The Bertz CT molecular complexity index is 1780. The highest BCUT2D eigenvalue weighted by molar-refractivity contribution is 5.99. The highest BCUT2D eigenvalue weighted by Crippen LogP contribution is 2.37. The fourth-order valence-electron chi connectivity index (χ4n) is 6.01. The van der Waals surface area contributed by atoms with Gasteiger partial charge in [-0.3, -0.25) is 19.2 Å². The molecule has 3 aromatic heterocycles. The van der Waals surface area contributed by atoms with Crippen molar-refractivity contribution in [2.45, 2.75) is 64.9 Å². The van der Waals surface area contributed by atoms with Gasteiger partial charge in [0.15, 0.2) is 23.1 Å². The Labute approximate surface area is 305 Å². The molecular weight excluding hydrogens is 662 g/mol. The van der Waals surface area contributed by atoms with Crippen LogP contribution in [0, 0.1) is 0 Å². The molecule has 0 spiro atoms. The lowest BCUT2D eigenvalue weighted by molar-refractivity contribution is -0.154. The van der Waals surface area contributed by atoms with Crippen molar-refractivity contribution in [1.29, 1.82) is 0 Å². The molecule has 1 aliphatic heterocycles. The van der Waals surface area contributed by atoms with Gasteiger partial charge in [0, 0.05) is 52.8 Å². The number of rotatable bonds is 16. The molecule has 0 bridgehead atoms. The summed E-state index contributed by atoms with van der Waals surface area (Å²) in [6.07, 6.45) is 9.42. The molecule has 3 N–H and O–H groups in total. The zero-order valence-corrected chi connectivity index (χ0v) is 31.1. The molecule has 0 atom stereocenters. The number of pyridine rings is 1. The van der Waals surface area contributed by atoms with Crippen LogP contribution < -0.4 is 25.6 Å². The van der Waals surface area contributed by atoms with Crippen LogP contribution in [0.15, 0.2) is 48.9 Å². The van der Waals surface area contributed by atoms with Crippen LogP contribution >= 0.6 is 0 Å². The first-order valence-electron chi connectivity index (χ1n) is 17.8. The molecule has 1 aliphatic rings. The third-order valence-corrected chi connectivity index (χ3v) is 8.58. The number of anilines is 5. The van der Waals surface area contributed by atoms with Crippen molar-refractivity contribution in [3.05, 3.63) is 54.6 Å². The van der Waals surface area contributed by atoms with E-state index in [1.807, 2.05) is 51.2 Å². The van der Waals surface area contributed by atoms with E-state index in [1.54, 1.807) is 38.3 Å². The number of nitrogens with one attached hydrogen (secondary N) is 3. The molecule has 15 heteroatoms. The molecule has 4 heterocycles. The number of aryl methyl sites for hydroxylation is 1. The predicted molar refractivity (Wildman–Crippen MR) is 201 cm³/mol. The van der Waals surface area contributed by atoms with Gasteiger partial charge >= 0.3 is 5.97 Å². The topological polar surface area (TPSA) is 165 Å². The maximum atomic E-state index is 12.7. The minimum atomic E-state index is -0.410. The van der Waals surface area contributed by atoms with Gasteiger partial charge in [0.1, 0.15) is 17.7 Å². The van der Waals surface area contributed by atoms with Crippen LogP contribution in [0.25, 0.3) is 11.4 Å².